The van der Waals surface area contributed by atoms with E-state index in [2.05, 4.69) is 25.8 Å². The van der Waals surface area contributed by atoms with Gasteiger partial charge >= 0.3 is 0 Å². The second-order valence-corrected chi connectivity index (χ2v) is 6.23. The van der Waals surface area contributed by atoms with Crippen LogP contribution in [-0.4, -0.2) is 9.55 Å². The monoisotopic (exact) mass is 282 g/mol. The van der Waals surface area contributed by atoms with Gasteiger partial charge in [-0.2, -0.15) is 4.39 Å². The molecule has 20 heavy (non-hydrogen) atoms. The van der Waals surface area contributed by atoms with Gasteiger partial charge < -0.3 is 0 Å². The zero-order valence-corrected chi connectivity index (χ0v) is 13.7. The molecule has 0 aliphatic rings. The Morgan fingerprint density at radius 2 is 1.65 bits per heavy atom. The Kier molecular flexibility index (Phi) is 7.25. The van der Waals surface area contributed by atoms with E-state index < -0.39 is 0 Å². The molecule has 0 N–H and O–H groups in total. The molecule has 0 saturated carbocycles. The first kappa shape index (κ1) is 17.2. The van der Waals surface area contributed by atoms with Crippen LogP contribution in [0.5, 0.6) is 0 Å². The van der Waals surface area contributed by atoms with Crippen LogP contribution in [0.1, 0.15) is 84.4 Å². The number of unbranched alkanes of at least 4 members (excludes halogenated alkanes) is 5. The molecule has 1 unspecified atom stereocenters. The molecule has 1 heterocycles. The fourth-order valence-electron chi connectivity index (χ4n) is 3.08. The van der Waals surface area contributed by atoms with Gasteiger partial charge in [0.15, 0.2) is 0 Å². The lowest BCUT2D eigenvalue weighted by atomic mass is 9.88. The Hall–Kier alpha value is -0.860. The summed E-state index contributed by atoms with van der Waals surface area (Å²) in [5.41, 5.74) is -0.118. The van der Waals surface area contributed by atoms with Crippen LogP contribution in [0.2, 0.25) is 0 Å². The number of rotatable bonds is 10. The highest BCUT2D eigenvalue weighted by molar-refractivity contribution is 4.99. The van der Waals surface area contributed by atoms with Gasteiger partial charge in [0.1, 0.15) is 5.82 Å². The van der Waals surface area contributed by atoms with Crippen LogP contribution in [0, 0.1) is 12.9 Å². The summed E-state index contributed by atoms with van der Waals surface area (Å²) in [5.74, 6) is 0.615. The van der Waals surface area contributed by atoms with Crippen LogP contribution in [0.15, 0.2) is 6.20 Å². The molecule has 3 heteroatoms. The molecule has 0 bridgehead atoms. The van der Waals surface area contributed by atoms with Crippen molar-refractivity contribution in [2.75, 3.05) is 0 Å². The summed E-state index contributed by atoms with van der Waals surface area (Å²) in [4.78, 5) is 4.14. The first-order chi connectivity index (χ1) is 9.55. The summed E-state index contributed by atoms with van der Waals surface area (Å²) < 4.78 is 15.9. The van der Waals surface area contributed by atoms with E-state index in [0.717, 1.165) is 31.5 Å². The average molecular weight is 282 g/mol. The second-order valence-electron chi connectivity index (χ2n) is 6.23. The van der Waals surface area contributed by atoms with Crippen molar-refractivity contribution < 1.29 is 4.39 Å². The van der Waals surface area contributed by atoms with E-state index >= 15 is 0 Å². The van der Waals surface area contributed by atoms with E-state index in [1.807, 2.05) is 11.5 Å². The van der Waals surface area contributed by atoms with Crippen LogP contribution < -0.4 is 0 Å². The third-order valence-corrected chi connectivity index (χ3v) is 4.32. The Bertz CT molecular complexity index is 367. The molecule has 0 spiro atoms. The van der Waals surface area contributed by atoms with E-state index in [4.69, 9.17) is 0 Å². The highest BCUT2D eigenvalue weighted by Gasteiger charge is 2.29. The molecule has 0 aliphatic carbocycles. The SMILES string of the molecule is CCCCCCCC(C)(CCCC)n1c(F)cnc1C. The third kappa shape index (κ3) is 4.60. The summed E-state index contributed by atoms with van der Waals surface area (Å²) in [7, 11) is 0. The lowest BCUT2D eigenvalue weighted by Crippen LogP contribution is -2.32. The molecule has 0 radical (unpaired) electrons. The van der Waals surface area contributed by atoms with Crippen molar-refractivity contribution in [2.24, 2.45) is 0 Å². The molecule has 0 fully saturated rings. The number of aromatic nitrogens is 2. The maximum absolute atomic E-state index is 14.1. The van der Waals surface area contributed by atoms with E-state index in [9.17, 15) is 4.39 Å². The fourth-order valence-corrected chi connectivity index (χ4v) is 3.08. The Labute approximate surface area is 123 Å². The topological polar surface area (TPSA) is 17.8 Å². The first-order valence-corrected chi connectivity index (χ1v) is 8.25. The van der Waals surface area contributed by atoms with Gasteiger partial charge in [-0.3, -0.25) is 4.57 Å². The van der Waals surface area contributed by atoms with Gasteiger partial charge in [-0.15, -0.1) is 0 Å². The molecule has 0 aliphatic heterocycles. The van der Waals surface area contributed by atoms with Gasteiger partial charge in [-0.25, -0.2) is 4.98 Å². The largest absolute Gasteiger partial charge is 0.299 e. The van der Waals surface area contributed by atoms with Gasteiger partial charge in [0.05, 0.1) is 6.20 Å². The maximum Gasteiger partial charge on any atom is 0.214 e. The number of imidazole rings is 1. The summed E-state index contributed by atoms with van der Waals surface area (Å²) >= 11 is 0. The van der Waals surface area contributed by atoms with E-state index in [1.165, 1.54) is 38.3 Å². The minimum atomic E-state index is -0.185. The summed E-state index contributed by atoms with van der Waals surface area (Å²) in [5, 5.41) is 0. The molecule has 1 rings (SSSR count). The highest BCUT2D eigenvalue weighted by Crippen LogP contribution is 2.32. The van der Waals surface area contributed by atoms with Crippen molar-refractivity contribution in [3.05, 3.63) is 18.0 Å². The predicted octanol–water partition coefficient (Wildman–Crippen LogP) is 5.60. The third-order valence-electron chi connectivity index (χ3n) is 4.32. The molecule has 2 nitrogen and oxygen atoms in total. The Balaban J connectivity index is 2.71. The van der Waals surface area contributed by atoms with Gasteiger partial charge in [0.2, 0.25) is 5.95 Å². The van der Waals surface area contributed by atoms with Crippen molar-refractivity contribution in [3.63, 3.8) is 0 Å². The van der Waals surface area contributed by atoms with Crippen molar-refractivity contribution in [3.8, 4) is 0 Å². The van der Waals surface area contributed by atoms with E-state index in [-0.39, 0.29) is 11.5 Å². The first-order valence-electron chi connectivity index (χ1n) is 8.25. The van der Waals surface area contributed by atoms with Gasteiger partial charge in [0, 0.05) is 5.54 Å². The van der Waals surface area contributed by atoms with Gasteiger partial charge in [0.25, 0.3) is 0 Å². The fraction of sp³-hybridized carbons (Fsp3) is 0.824. The maximum atomic E-state index is 14.1. The summed E-state index contributed by atoms with van der Waals surface area (Å²) in [6.07, 6.45) is 12.0. The van der Waals surface area contributed by atoms with Crippen LogP contribution in [0.3, 0.4) is 0 Å². The number of aryl methyl sites for hydroxylation is 1. The van der Waals surface area contributed by atoms with Crippen LogP contribution >= 0.6 is 0 Å². The van der Waals surface area contributed by atoms with Gasteiger partial charge in [-0.05, 0) is 26.7 Å². The summed E-state index contributed by atoms with van der Waals surface area (Å²) in [6, 6.07) is 0. The van der Waals surface area contributed by atoms with Crippen LogP contribution in [-0.2, 0) is 5.54 Å². The molecular formula is C17H31FN2. The Morgan fingerprint density at radius 1 is 1.05 bits per heavy atom. The lowest BCUT2D eigenvalue weighted by Gasteiger charge is -2.33. The van der Waals surface area contributed by atoms with E-state index in [0.29, 0.717) is 0 Å². The number of hydrogen-bond donors (Lipinski definition) is 0. The molecule has 0 aromatic carbocycles. The molecule has 0 amide bonds. The minimum Gasteiger partial charge on any atom is -0.299 e. The van der Waals surface area contributed by atoms with E-state index in [1.54, 1.807) is 0 Å². The summed E-state index contributed by atoms with van der Waals surface area (Å²) in [6.45, 7) is 8.53. The predicted molar refractivity (Wildman–Crippen MR) is 83.5 cm³/mol. The smallest absolute Gasteiger partial charge is 0.214 e. The molecule has 1 aromatic heterocycles. The zero-order chi connectivity index (χ0) is 15.0. The van der Waals surface area contributed by atoms with Crippen molar-refractivity contribution in [1.29, 1.82) is 0 Å². The molecule has 1 aromatic rings. The van der Waals surface area contributed by atoms with Gasteiger partial charge in [-0.1, -0.05) is 58.8 Å². The number of nitrogens with zero attached hydrogens (tertiary/aromatic N) is 2. The number of halogens is 1. The van der Waals surface area contributed by atoms with Crippen molar-refractivity contribution in [1.82, 2.24) is 9.55 Å². The standard InChI is InChI=1S/C17H31FN2/c1-5-7-9-10-11-13-17(4,12-8-6-2)20-15(3)19-14-16(20)18/h14H,5-13H2,1-4H3. The lowest BCUT2D eigenvalue weighted by molar-refractivity contribution is 0.221. The molecule has 0 saturated heterocycles. The zero-order valence-electron chi connectivity index (χ0n) is 13.7. The normalized spacial score (nSPS) is 14.4. The second kappa shape index (κ2) is 8.43. The molecular weight excluding hydrogens is 251 g/mol. The molecule has 116 valence electrons. The van der Waals surface area contributed by atoms with Crippen molar-refractivity contribution in [2.45, 2.75) is 91.0 Å². The van der Waals surface area contributed by atoms with Crippen molar-refractivity contribution >= 4 is 0 Å². The highest BCUT2D eigenvalue weighted by atomic mass is 19.1. The quantitative estimate of drug-likeness (QED) is 0.511. The Morgan fingerprint density at radius 3 is 2.20 bits per heavy atom. The van der Waals surface area contributed by atoms with Crippen LogP contribution in [0.25, 0.3) is 0 Å². The molecule has 1 atom stereocenters. The average Bonchev–Trinajstić information content (AvgIpc) is 2.76. The van der Waals surface area contributed by atoms with Crippen LogP contribution in [0.4, 0.5) is 4.39 Å². The number of hydrogen-bond acceptors (Lipinski definition) is 1. The minimum absolute atomic E-state index is 0.118.